The minimum atomic E-state index is -0.175. The number of carbonyl (C=O) groups excluding carboxylic acids is 1. The highest BCUT2D eigenvalue weighted by Crippen LogP contribution is 2.36. The minimum absolute atomic E-state index is 0.134. The summed E-state index contributed by atoms with van der Waals surface area (Å²) in [6, 6.07) is 5.22. The lowest BCUT2D eigenvalue weighted by Gasteiger charge is -2.29. The fourth-order valence-corrected chi connectivity index (χ4v) is 3.11. The van der Waals surface area contributed by atoms with E-state index in [0.717, 1.165) is 19.3 Å². The van der Waals surface area contributed by atoms with E-state index in [1.807, 2.05) is 6.07 Å². The Bertz CT molecular complexity index is 613. The number of carbonyl (C=O) groups is 1. The van der Waals surface area contributed by atoms with E-state index in [9.17, 15) is 4.79 Å². The van der Waals surface area contributed by atoms with Crippen molar-refractivity contribution in [2.24, 2.45) is 5.92 Å². The summed E-state index contributed by atoms with van der Waals surface area (Å²) >= 11 is 6.10. The Morgan fingerprint density at radius 2 is 2.17 bits per heavy atom. The molecule has 1 aromatic rings. The number of halogens is 1. The van der Waals surface area contributed by atoms with Crippen LogP contribution in [-0.4, -0.2) is 25.7 Å². The molecule has 5 nitrogen and oxygen atoms in total. The van der Waals surface area contributed by atoms with Crippen LogP contribution in [0.4, 0.5) is 0 Å². The number of nitriles is 1. The molecule has 1 N–H and O–H groups in total. The summed E-state index contributed by atoms with van der Waals surface area (Å²) in [5.74, 6) is 0.930. The molecule has 2 rings (SSSR count). The lowest BCUT2D eigenvalue weighted by atomic mass is 9.86. The van der Waals surface area contributed by atoms with Crippen molar-refractivity contribution < 1.29 is 14.3 Å². The van der Waals surface area contributed by atoms with Crippen molar-refractivity contribution in [1.29, 1.82) is 5.26 Å². The van der Waals surface area contributed by atoms with Crippen LogP contribution in [0.2, 0.25) is 5.02 Å². The van der Waals surface area contributed by atoms with Gasteiger partial charge in [-0.2, -0.15) is 5.26 Å². The van der Waals surface area contributed by atoms with Crippen LogP contribution in [0, 0.1) is 17.2 Å². The van der Waals surface area contributed by atoms with E-state index < -0.39 is 0 Å². The number of hydrogen-bond donors (Lipinski definition) is 1. The van der Waals surface area contributed by atoms with Crippen LogP contribution in [0.25, 0.3) is 0 Å². The first-order valence-electron chi connectivity index (χ1n) is 7.75. The number of rotatable bonds is 5. The molecule has 23 heavy (non-hydrogen) atoms. The Morgan fingerprint density at radius 3 is 2.83 bits per heavy atom. The van der Waals surface area contributed by atoms with Crippen LogP contribution in [0.3, 0.4) is 0 Å². The van der Waals surface area contributed by atoms with Crippen molar-refractivity contribution in [2.75, 3.05) is 13.7 Å². The van der Waals surface area contributed by atoms with Gasteiger partial charge < -0.3 is 14.8 Å². The lowest BCUT2D eigenvalue weighted by molar-refractivity contribution is -0.124. The van der Waals surface area contributed by atoms with Crippen LogP contribution in [-0.2, 0) is 4.79 Å². The van der Waals surface area contributed by atoms with Gasteiger partial charge in [0.1, 0.15) is 0 Å². The Morgan fingerprint density at radius 1 is 1.43 bits per heavy atom. The van der Waals surface area contributed by atoms with Gasteiger partial charge in [0.2, 0.25) is 0 Å². The van der Waals surface area contributed by atoms with Crippen LogP contribution in [0.1, 0.15) is 38.2 Å². The molecule has 0 aromatic heterocycles. The number of benzene rings is 1. The Kier molecular flexibility index (Phi) is 6.12. The highest BCUT2D eigenvalue weighted by Gasteiger charge is 2.23. The van der Waals surface area contributed by atoms with E-state index in [1.54, 1.807) is 0 Å². The highest BCUT2D eigenvalue weighted by atomic mass is 35.5. The topological polar surface area (TPSA) is 71.3 Å². The summed E-state index contributed by atoms with van der Waals surface area (Å²) in [6.07, 6.45) is 4.52. The van der Waals surface area contributed by atoms with E-state index in [4.69, 9.17) is 26.3 Å². The summed E-state index contributed by atoms with van der Waals surface area (Å²) in [5, 5.41) is 12.2. The van der Waals surface area contributed by atoms with Crippen molar-refractivity contribution in [3.05, 3.63) is 22.7 Å². The zero-order chi connectivity index (χ0) is 16.8. The van der Waals surface area contributed by atoms with Gasteiger partial charge in [-0.15, -0.1) is 0 Å². The maximum Gasteiger partial charge on any atom is 0.258 e. The molecule has 0 aliphatic heterocycles. The van der Waals surface area contributed by atoms with Crippen molar-refractivity contribution in [3.63, 3.8) is 0 Å². The van der Waals surface area contributed by atoms with Gasteiger partial charge in [0.05, 0.1) is 23.8 Å². The molecular formula is C17H21ClN2O3. The van der Waals surface area contributed by atoms with Crippen molar-refractivity contribution >= 4 is 17.5 Å². The van der Waals surface area contributed by atoms with Gasteiger partial charge in [-0.25, -0.2) is 0 Å². The van der Waals surface area contributed by atoms with Crippen molar-refractivity contribution in [1.82, 2.24) is 5.32 Å². The monoisotopic (exact) mass is 336 g/mol. The zero-order valence-corrected chi connectivity index (χ0v) is 14.2. The molecule has 6 heteroatoms. The summed E-state index contributed by atoms with van der Waals surface area (Å²) in [4.78, 5) is 12.1. The lowest BCUT2D eigenvalue weighted by Crippen LogP contribution is -2.43. The molecule has 1 fully saturated rings. The molecule has 1 aliphatic carbocycles. The quantitative estimate of drug-likeness (QED) is 0.895. The predicted molar refractivity (Wildman–Crippen MR) is 87.8 cm³/mol. The Hall–Kier alpha value is -1.93. The third-order valence-corrected chi connectivity index (χ3v) is 4.44. The van der Waals surface area contributed by atoms with Crippen LogP contribution < -0.4 is 14.8 Å². The zero-order valence-electron chi connectivity index (χ0n) is 13.4. The molecule has 0 heterocycles. The van der Waals surface area contributed by atoms with Gasteiger partial charge in [0, 0.05) is 12.1 Å². The van der Waals surface area contributed by atoms with E-state index in [1.165, 1.54) is 25.7 Å². The number of hydrogen-bond acceptors (Lipinski definition) is 4. The highest BCUT2D eigenvalue weighted by molar-refractivity contribution is 6.32. The SMILES string of the molecule is COc1cc(C#N)cc(Cl)c1OCC(=O)N[C@@H]1CCCC[C@@H]1C. The molecule has 0 saturated heterocycles. The molecule has 0 radical (unpaired) electrons. The summed E-state index contributed by atoms with van der Waals surface area (Å²) in [5.41, 5.74) is 0.375. The fourth-order valence-electron chi connectivity index (χ4n) is 2.84. The second-order valence-corrected chi connectivity index (χ2v) is 6.23. The molecule has 0 spiro atoms. The van der Waals surface area contributed by atoms with Crippen LogP contribution >= 0.6 is 11.6 Å². The molecule has 1 aromatic carbocycles. The largest absolute Gasteiger partial charge is 0.493 e. The second-order valence-electron chi connectivity index (χ2n) is 5.83. The van der Waals surface area contributed by atoms with E-state index in [0.29, 0.717) is 17.2 Å². The molecule has 1 saturated carbocycles. The first kappa shape index (κ1) is 17.4. The van der Waals surface area contributed by atoms with Crippen LogP contribution in [0.15, 0.2) is 12.1 Å². The molecule has 0 unspecified atom stereocenters. The number of amides is 1. The third kappa shape index (κ3) is 4.52. The Balaban J connectivity index is 1.97. The molecular weight excluding hydrogens is 316 g/mol. The van der Waals surface area contributed by atoms with E-state index in [-0.39, 0.29) is 29.3 Å². The van der Waals surface area contributed by atoms with E-state index in [2.05, 4.69) is 12.2 Å². The van der Waals surface area contributed by atoms with Crippen molar-refractivity contribution in [3.8, 4) is 17.6 Å². The summed E-state index contributed by atoms with van der Waals surface area (Å²) < 4.78 is 10.7. The standard InChI is InChI=1S/C17H21ClN2O3/c1-11-5-3-4-6-14(11)20-16(21)10-23-17-13(18)7-12(9-19)8-15(17)22-2/h7-8,11,14H,3-6,10H2,1-2H3,(H,20,21)/t11-,14+/m0/s1. The van der Waals surface area contributed by atoms with Gasteiger partial charge in [-0.1, -0.05) is 31.4 Å². The molecule has 1 aliphatic rings. The van der Waals surface area contributed by atoms with Crippen LogP contribution in [0.5, 0.6) is 11.5 Å². The molecule has 1 amide bonds. The minimum Gasteiger partial charge on any atom is -0.493 e. The normalized spacial score (nSPS) is 20.4. The predicted octanol–water partition coefficient (Wildman–Crippen LogP) is 3.29. The smallest absolute Gasteiger partial charge is 0.258 e. The maximum absolute atomic E-state index is 12.1. The molecule has 2 atom stereocenters. The molecule has 124 valence electrons. The number of nitrogens with one attached hydrogen (secondary N) is 1. The average molecular weight is 337 g/mol. The fraction of sp³-hybridized carbons (Fsp3) is 0.529. The van der Waals surface area contributed by atoms with Gasteiger partial charge in [0.15, 0.2) is 18.1 Å². The average Bonchev–Trinajstić information content (AvgIpc) is 2.55. The van der Waals surface area contributed by atoms with Crippen molar-refractivity contribution in [2.45, 2.75) is 38.6 Å². The summed E-state index contributed by atoms with van der Waals surface area (Å²) in [6.45, 7) is 2.02. The van der Waals surface area contributed by atoms with Gasteiger partial charge in [0.25, 0.3) is 5.91 Å². The second kappa shape index (κ2) is 8.07. The summed E-state index contributed by atoms with van der Waals surface area (Å²) in [7, 11) is 1.46. The van der Waals surface area contributed by atoms with Gasteiger partial charge >= 0.3 is 0 Å². The van der Waals surface area contributed by atoms with Gasteiger partial charge in [-0.05, 0) is 24.8 Å². The molecule has 0 bridgehead atoms. The number of methoxy groups -OCH3 is 1. The first-order valence-corrected chi connectivity index (χ1v) is 8.12. The first-order chi connectivity index (χ1) is 11.0. The third-order valence-electron chi connectivity index (χ3n) is 4.16. The Labute approximate surface area is 141 Å². The number of nitrogens with zero attached hydrogens (tertiary/aromatic N) is 1. The maximum atomic E-state index is 12.1. The van der Waals surface area contributed by atoms with E-state index >= 15 is 0 Å². The van der Waals surface area contributed by atoms with Gasteiger partial charge in [-0.3, -0.25) is 4.79 Å². The number of ether oxygens (including phenoxy) is 2.